The first-order valence-corrected chi connectivity index (χ1v) is 8.53. The Balaban J connectivity index is 0. The average Bonchev–Trinajstić information content (AvgIpc) is 2.53. The van der Waals surface area contributed by atoms with Crippen LogP contribution in [0, 0.1) is 0 Å². The summed E-state index contributed by atoms with van der Waals surface area (Å²) in [6.07, 6.45) is 8.39. The van der Waals surface area contributed by atoms with Gasteiger partial charge in [-0.2, -0.15) is 0 Å². The van der Waals surface area contributed by atoms with Crippen molar-refractivity contribution in [3.05, 3.63) is 83.9 Å². The van der Waals surface area contributed by atoms with Crippen molar-refractivity contribution in [3.8, 4) is 0 Å². The maximum atomic E-state index is 3.08. The SMILES string of the molecule is [Cl-].[Cl-].[Pd+][CH2]/C=C/c1ccccc1.[Pd+][CH2]/C=C/c1ccccc1. The second kappa shape index (κ2) is 17.2. The van der Waals surface area contributed by atoms with E-state index in [0.29, 0.717) is 0 Å². The van der Waals surface area contributed by atoms with Crippen LogP contribution in [0.25, 0.3) is 12.2 Å². The molecule has 0 aromatic heterocycles. The minimum absolute atomic E-state index is 0. The maximum absolute atomic E-state index is 3.08. The molecule has 0 saturated carbocycles. The van der Waals surface area contributed by atoms with Crippen LogP contribution < -0.4 is 24.8 Å². The van der Waals surface area contributed by atoms with Crippen LogP contribution in [-0.4, -0.2) is 0 Å². The second-order valence-corrected chi connectivity index (χ2v) is 5.15. The van der Waals surface area contributed by atoms with Gasteiger partial charge in [0.2, 0.25) is 0 Å². The van der Waals surface area contributed by atoms with Crippen LogP contribution in [0.15, 0.2) is 72.8 Å². The molecule has 0 heterocycles. The van der Waals surface area contributed by atoms with E-state index in [2.05, 4.69) is 87.0 Å². The molecule has 22 heavy (non-hydrogen) atoms. The molecule has 2 aromatic rings. The first kappa shape index (κ1) is 24.1. The summed E-state index contributed by atoms with van der Waals surface area (Å²) in [4.78, 5) is 1.91. The molecule has 124 valence electrons. The first-order chi connectivity index (χ1) is 9.86. The molecule has 0 N–H and O–H groups in total. The van der Waals surface area contributed by atoms with Crippen molar-refractivity contribution in [2.24, 2.45) is 0 Å². The summed E-state index contributed by atoms with van der Waals surface area (Å²) in [6, 6.07) is 20.5. The van der Waals surface area contributed by atoms with Gasteiger partial charge in [0.05, 0.1) is 0 Å². The Bertz CT molecular complexity index is 462. The third-order valence-electron chi connectivity index (χ3n) is 2.37. The van der Waals surface area contributed by atoms with E-state index >= 15 is 0 Å². The molecule has 0 spiro atoms. The fourth-order valence-corrected chi connectivity index (χ4v) is 1.84. The van der Waals surface area contributed by atoms with Crippen LogP contribution in [0.3, 0.4) is 0 Å². The van der Waals surface area contributed by atoms with Gasteiger partial charge in [-0.15, -0.1) is 0 Å². The number of rotatable bonds is 4. The molecule has 2 rings (SSSR count). The van der Waals surface area contributed by atoms with Crippen molar-refractivity contribution in [1.29, 1.82) is 0 Å². The van der Waals surface area contributed by atoms with Crippen LogP contribution in [-0.2, 0) is 38.4 Å². The first-order valence-electron chi connectivity index (χ1n) is 6.33. The van der Waals surface area contributed by atoms with Gasteiger partial charge in [0.25, 0.3) is 0 Å². The summed E-state index contributed by atoms with van der Waals surface area (Å²) in [5.74, 6) is 0. The van der Waals surface area contributed by atoms with Crippen molar-refractivity contribution >= 4 is 12.2 Å². The molecule has 2 aromatic carbocycles. The normalized spacial score (nSPS) is 9.64. The number of benzene rings is 2. The monoisotopic (exact) mass is 516 g/mol. The Morgan fingerprint density at radius 2 is 0.909 bits per heavy atom. The van der Waals surface area contributed by atoms with Crippen LogP contribution >= 0.6 is 0 Å². The Morgan fingerprint density at radius 1 is 0.591 bits per heavy atom. The van der Waals surface area contributed by atoms with Gasteiger partial charge in [-0.3, -0.25) is 0 Å². The molecular formula is C18H18Cl2Pd2. The van der Waals surface area contributed by atoms with Gasteiger partial charge < -0.3 is 24.8 Å². The number of hydrogen-bond acceptors (Lipinski definition) is 0. The fraction of sp³-hybridized carbons (Fsp3) is 0.111. The van der Waals surface area contributed by atoms with Crippen molar-refractivity contribution in [1.82, 2.24) is 0 Å². The number of hydrogen-bond donors (Lipinski definition) is 0. The van der Waals surface area contributed by atoms with Gasteiger partial charge in [0.15, 0.2) is 0 Å². The number of allylic oxidation sites excluding steroid dienone is 2. The van der Waals surface area contributed by atoms with E-state index in [4.69, 9.17) is 0 Å². The minimum atomic E-state index is 0. The van der Waals surface area contributed by atoms with E-state index in [-0.39, 0.29) is 24.8 Å². The van der Waals surface area contributed by atoms with Crippen LogP contribution in [0.1, 0.15) is 11.1 Å². The Hall–Kier alpha value is -0.175. The summed E-state index contributed by atoms with van der Waals surface area (Å²) in [7, 11) is 0. The molecule has 0 unspecified atom stereocenters. The van der Waals surface area contributed by atoms with Crippen molar-refractivity contribution in [2.45, 2.75) is 9.79 Å². The standard InChI is InChI=1S/2C9H9.2ClH.2Pd/c2*1-2-6-9-7-4-3-5-8-9;;;;/h2*2-8H,1H2;2*1H;;/q;;;;2*+1/p-2/b2*6-2+;;;;. The molecule has 0 aliphatic rings. The quantitative estimate of drug-likeness (QED) is 0.472. The summed E-state index contributed by atoms with van der Waals surface area (Å²) in [5, 5.41) is 0. The average molecular weight is 518 g/mol. The zero-order chi connectivity index (χ0) is 14.5. The fourth-order valence-electron chi connectivity index (χ4n) is 1.48. The predicted molar refractivity (Wildman–Crippen MR) is 80.6 cm³/mol. The van der Waals surface area contributed by atoms with Gasteiger partial charge in [0, 0.05) is 0 Å². The molecule has 0 radical (unpaired) electrons. The van der Waals surface area contributed by atoms with Crippen LogP contribution in [0.4, 0.5) is 0 Å². The van der Waals surface area contributed by atoms with Crippen LogP contribution in [0.2, 0.25) is 9.79 Å². The topological polar surface area (TPSA) is 0 Å². The third kappa shape index (κ3) is 12.4. The summed E-state index contributed by atoms with van der Waals surface area (Å²) >= 11 is 6.17. The Labute approximate surface area is 168 Å². The molecular weight excluding hydrogens is 500 g/mol. The molecule has 0 atom stereocenters. The van der Waals surface area contributed by atoms with Gasteiger partial charge in [0.1, 0.15) is 0 Å². The Morgan fingerprint density at radius 3 is 1.18 bits per heavy atom. The third-order valence-corrected chi connectivity index (χ3v) is 3.10. The number of halogens is 2. The van der Waals surface area contributed by atoms with Crippen molar-refractivity contribution < 1.29 is 63.2 Å². The van der Waals surface area contributed by atoms with Crippen LogP contribution in [0.5, 0.6) is 0 Å². The Kier molecular flexibility index (Phi) is 18.8. The molecule has 0 aliphatic heterocycles. The van der Waals surface area contributed by atoms with Crippen molar-refractivity contribution in [2.75, 3.05) is 0 Å². The molecule has 0 saturated heterocycles. The van der Waals surface area contributed by atoms with Gasteiger partial charge >= 0.3 is 144 Å². The molecule has 4 heteroatoms. The zero-order valence-electron chi connectivity index (χ0n) is 11.9. The van der Waals surface area contributed by atoms with Gasteiger partial charge in [-0.25, -0.2) is 0 Å². The van der Waals surface area contributed by atoms with E-state index < -0.39 is 0 Å². The summed E-state index contributed by atoms with van der Waals surface area (Å²) in [5.41, 5.74) is 2.52. The van der Waals surface area contributed by atoms with E-state index in [1.54, 1.807) is 0 Å². The van der Waals surface area contributed by atoms with E-state index in [0.717, 1.165) is 9.79 Å². The van der Waals surface area contributed by atoms with E-state index in [1.165, 1.54) is 11.1 Å². The van der Waals surface area contributed by atoms with Crippen molar-refractivity contribution in [3.63, 3.8) is 0 Å². The summed E-state index contributed by atoms with van der Waals surface area (Å²) in [6.45, 7) is 0. The molecule has 0 bridgehead atoms. The molecule has 0 nitrogen and oxygen atoms in total. The van der Waals surface area contributed by atoms with Gasteiger partial charge in [-0.05, 0) is 0 Å². The van der Waals surface area contributed by atoms with Gasteiger partial charge in [-0.1, -0.05) is 0 Å². The van der Waals surface area contributed by atoms with E-state index in [1.807, 2.05) is 36.4 Å². The molecule has 0 fully saturated rings. The van der Waals surface area contributed by atoms with E-state index in [9.17, 15) is 0 Å². The molecule has 0 amide bonds. The summed E-state index contributed by atoms with van der Waals surface area (Å²) < 4.78 is 0. The molecule has 0 aliphatic carbocycles. The predicted octanol–water partition coefficient (Wildman–Crippen LogP) is -0.662. The second-order valence-electron chi connectivity index (χ2n) is 3.88. The zero-order valence-corrected chi connectivity index (χ0v) is 16.5.